The van der Waals surface area contributed by atoms with Crippen molar-refractivity contribution in [2.45, 2.75) is 52.0 Å². The van der Waals surface area contributed by atoms with Crippen LogP contribution >= 0.6 is 11.6 Å². The molecule has 1 heterocycles. The summed E-state index contributed by atoms with van der Waals surface area (Å²) in [6, 6.07) is 7.30. The number of halogens is 1. The van der Waals surface area contributed by atoms with Crippen LogP contribution in [0, 0.1) is 0 Å². The van der Waals surface area contributed by atoms with Crippen LogP contribution in [0.4, 0.5) is 0 Å². The molecule has 0 bridgehead atoms. The van der Waals surface area contributed by atoms with Gasteiger partial charge in [0.15, 0.2) is 6.10 Å². The van der Waals surface area contributed by atoms with Gasteiger partial charge < -0.3 is 14.8 Å². The summed E-state index contributed by atoms with van der Waals surface area (Å²) in [6.07, 6.45) is -0.132. The van der Waals surface area contributed by atoms with Gasteiger partial charge in [-0.1, -0.05) is 17.7 Å². The fourth-order valence-corrected chi connectivity index (χ4v) is 3.08. The Morgan fingerprint density at radius 2 is 2.04 bits per heavy atom. The lowest BCUT2D eigenvalue weighted by atomic mass is 10.1. The highest BCUT2D eigenvalue weighted by molar-refractivity contribution is 6.30. The maximum atomic E-state index is 12.2. The average molecular weight is 355 g/mol. The first kappa shape index (κ1) is 19.0. The first-order valence-corrected chi connectivity index (χ1v) is 8.82. The molecule has 1 fully saturated rings. The molecule has 1 aromatic rings. The smallest absolute Gasteiger partial charge is 0.260 e. The van der Waals surface area contributed by atoms with E-state index in [-0.39, 0.29) is 24.2 Å². The summed E-state index contributed by atoms with van der Waals surface area (Å²) in [7, 11) is 0. The predicted octanol–water partition coefficient (Wildman–Crippen LogP) is 2.72. The molecule has 5 nitrogen and oxygen atoms in total. The number of benzene rings is 1. The van der Waals surface area contributed by atoms with Crippen molar-refractivity contribution in [2.24, 2.45) is 0 Å². The number of morpholine rings is 1. The van der Waals surface area contributed by atoms with Gasteiger partial charge in [-0.3, -0.25) is 9.69 Å². The van der Waals surface area contributed by atoms with Gasteiger partial charge in [0.25, 0.3) is 5.91 Å². The van der Waals surface area contributed by atoms with E-state index in [0.717, 1.165) is 13.1 Å². The third-order valence-corrected chi connectivity index (χ3v) is 4.36. The minimum Gasteiger partial charge on any atom is -0.481 e. The van der Waals surface area contributed by atoms with E-state index in [4.69, 9.17) is 21.1 Å². The quantitative estimate of drug-likeness (QED) is 0.853. The standard InChI is InChI=1S/C18H27ClN2O3/c1-12(21-10-13(2)23-14(3)11-21)9-20-18(22)15(4)24-17-7-5-6-16(19)8-17/h5-8,12-15H,9-11H2,1-4H3,(H,20,22). The number of hydrogen-bond donors (Lipinski definition) is 1. The van der Waals surface area contributed by atoms with Crippen molar-refractivity contribution in [2.75, 3.05) is 19.6 Å². The van der Waals surface area contributed by atoms with E-state index in [1.165, 1.54) is 0 Å². The van der Waals surface area contributed by atoms with Crippen LogP contribution in [0.3, 0.4) is 0 Å². The molecule has 1 aromatic carbocycles. The van der Waals surface area contributed by atoms with Crippen LogP contribution in [0.1, 0.15) is 27.7 Å². The van der Waals surface area contributed by atoms with Crippen molar-refractivity contribution in [3.8, 4) is 5.75 Å². The molecular weight excluding hydrogens is 328 g/mol. The average Bonchev–Trinajstić information content (AvgIpc) is 2.51. The summed E-state index contributed by atoms with van der Waals surface area (Å²) < 4.78 is 11.4. The maximum absolute atomic E-state index is 12.2. The van der Waals surface area contributed by atoms with E-state index in [0.29, 0.717) is 17.3 Å². The fourth-order valence-electron chi connectivity index (χ4n) is 2.90. The van der Waals surface area contributed by atoms with Crippen molar-refractivity contribution in [3.63, 3.8) is 0 Å². The highest BCUT2D eigenvalue weighted by atomic mass is 35.5. The topological polar surface area (TPSA) is 50.8 Å². The van der Waals surface area contributed by atoms with Crippen molar-refractivity contribution in [1.82, 2.24) is 10.2 Å². The molecule has 1 saturated heterocycles. The van der Waals surface area contributed by atoms with Gasteiger partial charge in [0.1, 0.15) is 5.75 Å². The Hall–Kier alpha value is -1.30. The molecule has 0 radical (unpaired) electrons. The molecule has 24 heavy (non-hydrogen) atoms. The number of rotatable bonds is 6. The molecular formula is C18H27ClN2O3. The molecule has 1 aliphatic heterocycles. The minimum atomic E-state index is -0.571. The lowest BCUT2D eigenvalue weighted by Gasteiger charge is -2.39. The Kier molecular flexibility index (Phi) is 6.90. The fraction of sp³-hybridized carbons (Fsp3) is 0.611. The van der Waals surface area contributed by atoms with Crippen molar-refractivity contribution < 1.29 is 14.3 Å². The third kappa shape index (κ3) is 5.65. The normalized spacial score (nSPS) is 24.2. The second-order valence-electron chi connectivity index (χ2n) is 6.52. The summed E-state index contributed by atoms with van der Waals surface area (Å²) in [6.45, 7) is 10.4. The Balaban J connectivity index is 1.79. The van der Waals surface area contributed by atoms with Gasteiger partial charge in [0.05, 0.1) is 12.2 Å². The van der Waals surface area contributed by atoms with Gasteiger partial charge >= 0.3 is 0 Å². The number of nitrogens with one attached hydrogen (secondary N) is 1. The zero-order chi connectivity index (χ0) is 17.7. The van der Waals surface area contributed by atoms with Crippen LogP contribution in [-0.4, -0.2) is 54.8 Å². The second kappa shape index (κ2) is 8.70. The van der Waals surface area contributed by atoms with Crippen LogP contribution in [0.25, 0.3) is 0 Å². The third-order valence-electron chi connectivity index (χ3n) is 4.12. The molecule has 134 valence electrons. The zero-order valence-corrected chi connectivity index (χ0v) is 15.5. The van der Waals surface area contributed by atoms with Crippen LogP contribution in [0.15, 0.2) is 24.3 Å². The minimum absolute atomic E-state index is 0.129. The highest BCUT2D eigenvalue weighted by Crippen LogP contribution is 2.18. The summed E-state index contributed by atoms with van der Waals surface area (Å²) >= 11 is 5.92. The second-order valence-corrected chi connectivity index (χ2v) is 6.96. The number of carbonyl (C=O) groups is 1. The summed E-state index contributed by atoms with van der Waals surface area (Å²) in [5, 5.41) is 3.55. The van der Waals surface area contributed by atoms with E-state index in [1.54, 1.807) is 31.2 Å². The molecule has 0 aliphatic carbocycles. The van der Waals surface area contributed by atoms with E-state index < -0.39 is 6.10 Å². The summed E-state index contributed by atoms with van der Waals surface area (Å²) in [4.78, 5) is 14.6. The lowest BCUT2D eigenvalue weighted by molar-refractivity contribution is -0.127. The molecule has 4 unspecified atom stereocenters. The molecule has 1 aliphatic rings. The van der Waals surface area contributed by atoms with Crippen LogP contribution in [-0.2, 0) is 9.53 Å². The Labute approximate surface area is 149 Å². The van der Waals surface area contributed by atoms with E-state index in [2.05, 4.69) is 31.0 Å². The molecule has 2 rings (SSSR count). The monoisotopic (exact) mass is 354 g/mol. The Bertz CT molecular complexity index is 545. The van der Waals surface area contributed by atoms with E-state index >= 15 is 0 Å². The number of amides is 1. The predicted molar refractivity (Wildman–Crippen MR) is 95.6 cm³/mol. The van der Waals surface area contributed by atoms with Crippen LogP contribution in [0.2, 0.25) is 5.02 Å². The van der Waals surface area contributed by atoms with Crippen LogP contribution in [0.5, 0.6) is 5.75 Å². The number of nitrogens with zero attached hydrogens (tertiary/aromatic N) is 1. The van der Waals surface area contributed by atoms with Gasteiger partial charge in [-0.15, -0.1) is 0 Å². The molecule has 1 N–H and O–H groups in total. The van der Waals surface area contributed by atoms with Crippen molar-refractivity contribution in [1.29, 1.82) is 0 Å². The first-order valence-electron chi connectivity index (χ1n) is 8.44. The Morgan fingerprint density at radius 3 is 2.67 bits per heavy atom. The zero-order valence-electron chi connectivity index (χ0n) is 14.8. The van der Waals surface area contributed by atoms with Gasteiger partial charge in [0.2, 0.25) is 0 Å². The molecule has 6 heteroatoms. The lowest BCUT2D eigenvalue weighted by Crippen LogP contribution is -2.53. The summed E-state index contributed by atoms with van der Waals surface area (Å²) in [5.41, 5.74) is 0. The largest absolute Gasteiger partial charge is 0.481 e. The molecule has 4 atom stereocenters. The highest BCUT2D eigenvalue weighted by Gasteiger charge is 2.26. The van der Waals surface area contributed by atoms with Gasteiger partial charge in [-0.05, 0) is 45.9 Å². The van der Waals surface area contributed by atoms with E-state index in [9.17, 15) is 4.79 Å². The summed E-state index contributed by atoms with van der Waals surface area (Å²) in [5.74, 6) is 0.463. The van der Waals surface area contributed by atoms with Gasteiger partial charge in [-0.2, -0.15) is 0 Å². The van der Waals surface area contributed by atoms with Crippen LogP contribution < -0.4 is 10.1 Å². The number of ether oxygens (including phenoxy) is 2. The van der Waals surface area contributed by atoms with Gasteiger partial charge in [0, 0.05) is 30.7 Å². The molecule has 1 amide bonds. The molecule has 0 spiro atoms. The number of carbonyl (C=O) groups excluding carboxylic acids is 1. The molecule has 0 saturated carbocycles. The van der Waals surface area contributed by atoms with Crippen molar-refractivity contribution >= 4 is 17.5 Å². The number of hydrogen-bond acceptors (Lipinski definition) is 4. The maximum Gasteiger partial charge on any atom is 0.260 e. The molecule has 0 aromatic heterocycles. The first-order chi connectivity index (χ1) is 11.3. The Morgan fingerprint density at radius 1 is 1.38 bits per heavy atom. The van der Waals surface area contributed by atoms with Gasteiger partial charge in [-0.25, -0.2) is 0 Å². The van der Waals surface area contributed by atoms with Crippen molar-refractivity contribution in [3.05, 3.63) is 29.3 Å². The SMILES string of the molecule is CC1CN(C(C)CNC(=O)C(C)Oc2cccc(Cl)c2)CC(C)O1. The van der Waals surface area contributed by atoms with E-state index in [1.807, 2.05) is 0 Å².